The molecule has 7 aromatic heterocycles. The summed E-state index contributed by atoms with van der Waals surface area (Å²) in [6.07, 6.45) is -1.02. The standard InChI is InChI=1S/C50H45N13O10S6/c1-21-34(64)15-63-40(21)49-61-33(20-78-49)47-58-29(16-76-47)39-25(9-10-26(55-39)46-59-30(17-77-46)41(52)68)45-60-32(19-75-45)43(70)56-27(13-35(51)65)48-62-38(22(2)79-48)44(71)53-14-36-54-31(18-74-36)42(69)57-28(50(63)72)12-23-5-7-24(8-6-23)73-11-3-4-37(66)67/h5-10,16-21,27-28,34,40,64H,3-4,11-15H2,1-2H3,(H2,51,65)(H2,52,68)(H,53,71)(H,56,70)(H,57,69)(H,66,67)/t21-,27-,28-,34-,40+/m0/s1. The molecule has 10 bridgehead atoms. The second-order valence-electron chi connectivity index (χ2n) is 18.2. The molecule has 9 heterocycles. The minimum Gasteiger partial charge on any atom is -0.494 e. The van der Waals surface area contributed by atoms with Crippen molar-refractivity contribution in [2.75, 3.05) is 13.2 Å². The highest BCUT2D eigenvalue weighted by Gasteiger charge is 2.45. The molecule has 5 atom stereocenters. The number of aliphatic hydroxyl groups is 1. The van der Waals surface area contributed by atoms with E-state index in [1.807, 2.05) is 6.92 Å². The van der Waals surface area contributed by atoms with Gasteiger partial charge in [0.05, 0.1) is 43.5 Å². The van der Waals surface area contributed by atoms with Crippen molar-refractivity contribution in [3.8, 4) is 49.1 Å². The molecule has 0 radical (unpaired) electrons. The van der Waals surface area contributed by atoms with Crippen molar-refractivity contribution in [3.05, 3.63) is 112 Å². The van der Waals surface area contributed by atoms with Gasteiger partial charge in [-0.3, -0.25) is 33.6 Å². The first-order valence-electron chi connectivity index (χ1n) is 24.1. The number of primary amides is 2. The molecule has 79 heavy (non-hydrogen) atoms. The third-order valence-corrected chi connectivity index (χ3v) is 18.1. The summed E-state index contributed by atoms with van der Waals surface area (Å²) in [5.41, 5.74) is 14.1. The Morgan fingerprint density at radius 3 is 2.15 bits per heavy atom. The van der Waals surface area contributed by atoms with E-state index in [-0.39, 0.29) is 66.7 Å². The molecule has 2 aliphatic heterocycles. The van der Waals surface area contributed by atoms with E-state index in [0.29, 0.717) is 76.0 Å². The topological polar surface area (TPSA) is 351 Å². The number of rotatable bonds is 11. The number of benzene rings is 1. The number of hydrogen-bond acceptors (Lipinski definition) is 22. The maximum Gasteiger partial charge on any atom is 0.303 e. The predicted octanol–water partition coefficient (Wildman–Crippen LogP) is 5.65. The summed E-state index contributed by atoms with van der Waals surface area (Å²) < 4.78 is 5.73. The number of ether oxygens (including phenoxy) is 1. The molecule has 0 aliphatic carbocycles. The van der Waals surface area contributed by atoms with Crippen molar-refractivity contribution < 1.29 is 48.5 Å². The monoisotopic (exact) mass is 1180 g/mol. The highest BCUT2D eigenvalue weighted by atomic mass is 32.1. The lowest BCUT2D eigenvalue weighted by Crippen LogP contribution is -2.50. The molecule has 23 nitrogen and oxygen atoms in total. The summed E-state index contributed by atoms with van der Waals surface area (Å²) in [4.78, 5) is 127. The van der Waals surface area contributed by atoms with E-state index in [4.69, 9.17) is 41.2 Å². The van der Waals surface area contributed by atoms with Gasteiger partial charge in [-0.15, -0.1) is 68.0 Å². The van der Waals surface area contributed by atoms with E-state index in [2.05, 4.69) is 30.9 Å². The number of aliphatic hydroxyl groups excluding tert-OH is 1. The zero-order chi connectivity index (χ0) is 55.6. The van der Waals surface area contributed by atoms with Gasteiger partial charge < -0.3 is 47.3 Å². The summed E-state index contributed by atoms with van der Waals surface area (Å²) in [7, 11) is 0. The van der Waals surface area contributed by atoms with Crippen LogP contribution in [0.2, 0.25) is 0 Å². The summed E-state index contributed by atoms with van der Waals surface area (Å²) >= 11 is 7.09. The van der Waals surface area contributed by atoms with Crippen LogP contribution in [-0.4, -0.2) is 117 Å². The number of carbonyl (C=O) groups excluding carboxylic acids is 6. The van der Waals surface area contributed by atoms with Crippen molar-refractivity contribution in [1.29, 1.82) is 0 Å². The maximum absolute atomic E-state index is 15.0. The van der Waals surface area contributed by atoms with Crippen LogP contribution in [0.4, 0.5) is 0 Å². The number of aromatic nitrogens is 7. The molecule has 10 rings (SSSR count). The molecular weight excluding hydrogens is 1140 g/mol. The van der Waals surface area contributed by atoms with Crippen molar-refractivity contribution in [2.45, 2.75) is 70.3 Å². The van der Waals surface area contributed by atoms with Crippen molar-refractivity contribution in [3.63, 3.8) is 0 Å². The molecule has 1 saturated heterocycles. The zero-order valence-electron chi connectivity index (χ0n) is 41.5. The number of carboxylic acids is 1. The Bertz CT molecular complexity index is 3660. The second kappa shape index (κ2) is 23.3. The van der Waals surface area contributed by atoms with Crippen LogP contribution < -0.4 is 32.2 Å². The summed E-state index contributed by atoms with van der Waals surface area (Å²) in [6.45, 7) is 3.51. The highest BCUT2D eigenvalue weighted by molar-refractivity contribution is 7.15. The Balaban J connectivity index is 1.03. The number of carboxylic acid groups (broad SMARTS) is 1. The molecule has 1 fully saturated rings. The maximum atomic E-state index is 15.0. The quantitative estimate of drug-likeness (QED) is 0.0769. The Kier molecular flexibility index (Phi) is 16.1. The van der Waals surface area contributed by atoms with Gasteiger partial charge in [0, 0.05) is 62.6 Å². The molecule has 6 amide bonds. The molecule has 2 aliphatic rings. The largest absolute Gasteiger partial charge is 0.494 e. The number of amides is 6. The van der Waals surface area contributed by atoms with E-state index < -0.39 is 71.6 Å². The van der Waals surface area contributed by atoms with Crippen LogP contribution in [0.25, 0.3) is 43.4 Å². The second-order valence-corrected chi connectivity index (χ2v) is 23.8. The average Bonchev–Trinajstić information content (AvgIpc) is 4.33. The van der Waals surface area contributed by atoms with E-state index in [1.165, 1.54) is 49.7 Å². The van der Waals surface area contributed by atoms with E-state index in [0.717, 1.165) is 34.0 Å². The average molecular weight is 1180 g/mol. The number of carbonyl (C=O) groups is 7. The molecular formula is C50H45N13O10S6. The molecule has 406 valence electrons. The van der Waals surface area contributed by atoms with Gasteiger partial charge >= 0.3 is 5.97 Å². The van der Waals surface area contributed by atoms with Crippen LogP contribution in [-0.2, 0) is 27.3 Å². The van der Waals surface area contributed by atoms with Crippen LogP contribution in [0.5, 0.6) is 5.75 Å². The number of thiazole rings is 6. The molecule has 0 unspecified atom stereocenters. The van der Waals surface area contributed by atoms with Gasteiger partial charge in [-0.1, -0.05) is 19.1 Å². The number of aliphatic carboxylic acids is 1. The summed E-state index contributed by atoms with van der Waals surface area (Å²) in [6, 6.07) is 7.39. The van der Waals surface area contributed by atoms with E-state index in [1.54, 1.807) is 59.5 Å². The lowest BCUT2D eigenvalue weighted by atomic mass is 10.00. The van der Waals surface area contributed by atoms with Crippen LogP contribution >= 0.6 is 68.0 Å². The number of nitrogens with two attached hydrogens (primary N) is 2. The van der Waals surface area contributed by atoms with Gasteiger partial charge in [0.25, 0.3) is 23.6 Å². The highest BCUT2D eigenvalue weighted by Crippen LogP contribution is 2.42. The Hall–Kier alpha value is -7.80. The third-order valence-electron chi connectivity index (χ3n) is 12.7. The number of pyridine rings is 1. The fourth-order valence-electron chi connectivity index (χ4n) is 8.68. The van der Waals surface area contributed by atoms with E-state index in [9.17, 15) is 33.9 Å². The summed E-state index contributed by atoms with van der Waals surface area (Å²) in [5.74, 6) is -4.76. The molecule has 9 N–H and O–H groups in total. The third kappa shape index (κ3) is 12.1. The molecule has 0 saturated carbocycles. The molecule has 8 aromatic rings. The van der Waals surface area contributed by atoms with Crippen LogP contribution in [0.15, 0.2) is 63.3 Å². The Morgan fingerprint density at radius 1 is 0.722 bits per heavy atom. The SMILES string of the molecule is Cc1sc2nc1C(=O)NCc1nc(cs1)C(=O)N[C@@H](Cc1ccc(OCCCC(=O)O)cc1)C(=O)N1C[C@H](O)[C@H](C)[C@@H]1c1nc(cs1)-c1nc(cs1)-c1nc(-c3nc(C(N)=O)cs3)ccc1-c1nc(cs1)C(=O)N[C@H]2CC(N)=O. The molecule has 1 aromatic carbocycles. The van der Waals surface area contributed by atoms with Gasteiger partial charge in [0.15, 0.2) is 0 Å². The predicted molar refractivity (Wildman–Crippen MR) is 295 cm³/mol. The molecule has 0 spiro atoms. The first kappa shape index (κ1) is 54.6. The zero-order valence-corrected chi connectivity index (χ0v) is 46.4. The number of nitrogens with zero attached hydrogens (tertiary/aromatic N) is 8. The summed E-state index contributed by atoms with van der Waals surface area (Å²) in [5, 5.41) is 39.5. The Morgan fingerprint density at radius 2 is 1.41 bits per heavy atom. The van der Waals surface area contributed by atoms with Gasteiger partial charge in [-0.2, -0.15) is 0 Å². The van der Waals surface area contributed by atoms with Crippen molar-refractivity contribution in [1.82, 2.24) is 55.7 Å². The van der Waals surface area contributed by atoms with Crippen LogP contribution in [0, 0.1) is 12.8 Å². The van der Waals surface area contributed by atoms with Crippen molar-refractivity contribution in [2.24, 2.45) is 17.4 Å². The van der Waals surface area contributed by atoms with Gasteiger partial charge in [0.2, 0.25) is 11.8 Å². The van der Waals surface area contributed by atoms with Gasteiger partial charge in [0.1, 0.15) is 81.7 Å². The molecule has 29 heteroatoms. The fourth-order valence-corrected chi connectivity index (χ4v) is 13.8. The first-order valence-corrected chi connectivity index (χ1v) is 29.3. The first-order chi connectivity index (χ1) is 38.0. The lowest BCUT2D eigenvalue weighted by Gasteiger charge is -2.29. The number of fused-ring (bicyclic) bond motifs is 16. The van der Waals surface area contributed by atoms with Crippen LogP contribution in [0.3, 0.4) is 0 Å². The number of hydrogen-bond donors (Lipinski definition) is 7. The number of aryl methyl sites for hydroxylation is 1. The minimum atomic E-state index is -1.18. The van der Waals surface area contributed by atoms with Crippen molar-refractivity contribution >= 4 is 109 Å². The van der Waals surface area contributed by atoms with E-state index >= 15 is 4.79 Å². The minimum absolute atomic E-state index is 0.00774. The van der Waals surface area contributed by atoms with Crippen LogP contribution in [0.1, 0.15) is 106 Å². The van der Waals surface area contributed by atoms with Gasteiger partial charge in [-0.25, -0.2) is 34.9 Å². The smallest absolute Gasteiger partial charge is 0.303 e. The lowest BCUT2D eigenvalue weighted by molar-refractivity contribution is -0.137. The number of nitrogens with one attached hydrogen (secondary N) is 3. The fraction of sp³-hybridized carbons (Fsp3) is 0.280. The van der Waals surface area contributed by atoms with Gasteiger partial charge in [-0.05, 0) is 43.2 Å². The Labute approximate surface area is 472 Å². The normalized spacial score (nSPS) is 18.8.